The smallest absolute Gasteiger partial charge is 0.284 e. The molecule has 0 aliphatic carbocycles. The van der Waals surface area contributed by atoms with Crippen molar-refractivity contribution < 1.29 is 23.8 Å². The van der Waals surface area contributed by atoms with Crippen LogP contribution in [0.1, 0.15) is 22.6 Å². The molecule has 0 spiro atoms. The van der Waals surface area contributed by atoms with Gasteiger partial charge in [0, 0.05) is 6.07 Å². The lowest BCUT2D eigenvalue weighted by atomic mass is 10.2. The van der Waals surface area contributed by atoms with Crippen molar-refractivity contribution in [2.24, 2.45) is 0 Å². The van der Waals surface area contributed by atoms with Crippen LogP contribution >= 0.6 is 11.6 Å². The highest BCUT2D eigenvalue weighted by atomic mass is 35.5. The van der Waals surface area contributed by atoms with Crippen LogP contribution in [0.5, 0.6) is 11.5 Å². The van der Waals surface area contributed by atoms with Crippen molar-refractivity contribution >= 4 is 16.8 Å². The molecule has 76 valence electrons. The lowest BCUT2D eigenvalue weighted by Gasteiger charge is -2.05. The quantitative estimate of drug-likeness (QED) is 0.750. The van der Waals surface area contributed by atoms with Gasteiger partial charge in [-0.1, -0.05) is 0 Å². The summed E-state index contributed by atoms with van der Waals surface area (Å²) in [5.74, 6) is -1.63. The molecule has 0 bridgehead atoms. The standard InChI is InChI=1S/C7H4ClF2NO3/c8-6(14)4-2(12)1-3(13)5(11-4)7(9)10/h1,7,12-13H. The first-order chi connectivity index (χ1) is 6.43. The minimum atomic E-state index is -3.05. The fraction of sp³-hybridized carbons (Fsp3) is 0.143. The van der Waals surface area contributed by atoms with E-state index < -0.39 is 34.6 Å². The van der Waals surface area contributed by atoms with E-state index in [1.54, 1.807) is 0 Å². The van der Waals surface area contributed by atoms with Crippen LogP contribution in [0.3, 0.4) is 0 Å². The summed E-state index contributed by atoms with van der Waals surface area (Å²) < 4.78 is 24.3. The average Bonchev–Trinajstić information content (AvgIpc) is 2.02. The second kappa shape index (κ2) is 3.75. The number of aromatic nitrogens is 1. The van der Waals surface area contributed by atoms with Crippen molar-refractivity contribution in [3.8, 4) is 11.5 Å². The molecular weight excluding hydrogens is 220 g/mol. The third-order valence-electron chi connectivity index (χ3n) is 1.40. The van der Waals surface area contributed by atoms with Gasteiger partial charge in [-0.2, -0.15) is 0 Å². The Hall–Kier alpha value is -1.43. The number of aromatic hydroxyl groups is 2. The maximum Gasteiger partial charge on any atom is 0.284 e. The van der Waals surface area contributed by atoms with Gasteiger partial charge in [0.05, 0.1) is 0 Å². The van der Waals surface area contributed by atoms with Gasteiger partial charge in [0.15, 0.2) is 5.69 Å². The molecule has 14 heavy (non-hydrogen) atoms. The molecule has 2 N–H and O–H groups in total. The van der Waals surface area contributed by atoms with E-state index in [0.29, 0.717) is 6.07 Å². The van der Waals surface area contributed by atoms with Crippen LogP contribution in [0.4, 0.5) is 8.78 Å². The molecule has 4 nitrogen and oxygen atoms in total. The van der Waals surface area contributed by atoms with Gasteiger partial charge in [-0.15, -0.1) is 0 Å². The van der Waals surface area contributed by atoms with E-state index >= 15 is 0 Å². The third kappa shape index (κ3) is 1.90. The summed E-state index contributed by atoms with van der Waals surface area (Å²) in [5, 5.41) is 16.7. The summed E-state index contributed by atoms with van der Waals surface area (Å²) in [5.41, 5.74) is -1.70. The van der Waals surface area contributed by atoms with E-state index in [1.165, 1.54) is 0 Å². The van der Waals surface area contributed by atoms with Crippen molar-refractivity contribution in [1.82, 2.24) is 4.98 Å². The number of alkyl halides is 2. The highest BCUT2D eigenvalue weighted by molar-refractivity contribution is 6.67. The number of nitrogens with zero attached hydrogens (tertiary/aromatic N) is 1. The Balaban J connectivity index is 3.34. The molecule has 0 aliphatic rings. The minimum Gasteiger partial charge on any atom is -0.506 e. The zero-order valence-corrected chi connectivity index (χ0v) is 7.29. The van der Waals surface area contributed by atoms with Crippen LogP contribution in [-0.4, -0.2) is 20.4 Å². The number of hydrogen-bond acceptors (Lipinski definition) is 4. The first kappa shape index (κ1) is 10.6. The van der Waals surface area contributed by atoms with E-state index in [-0.39, 0.29) is 0 Å². The number of carbonyl (C=O) groups excluding carboxylic acids is 1. The highest BCUT2D eigenvalue weighted by Gasteiger charge is 2.20. The van der Waals surface area contributed by atoms with Gasteiger partial charge >= 0.3 is 0 Å². The Labute approximate surface area is 81.8 Å². The van der Waals surface area contributed by atoms with Gasteiger partial charge in [-0.3, -0.25) is 4.79 Å². The summed E-state index contributed by atoms with van der Waals surface area (Å²) in [6.45, 7) is 0. The molecule has 0 amide bonds. The van der Waals surface area contributed by atoms with Crippen LogP contribution in [0.15, 0.2) is 6.07 Å². The van der Waals surface area contributed by atoms with Gasteiger partial charge in [0.25, 0.3) is 11.7 Å². The molecule has 0 aliphatic heterocycles. The lowest BCUT2D eigenvalue weighted by molar-refractivity contribution is 0.107. The molecule has 0 saturated heterocycles. The first-order valence-corrected chi connectivity index (χ1v) is 3.72. The molecule has 1 aromatic heterocycles. The summed E-state index contributed by atoms with van der Waals surface area (Å²) in [7, 11) is 0. The fourth-order valence-electron chi connectivity index (χ4n) is 0.812. The normalized spacial score (nSPS) is 10.6. The predicted molar refractivity (Wildman–Crippen MR) is 42.7 cm³/mol. The second-order valence-corrected chi connectivity index (χ2v) is 2.68. The van der Waals surface area contributed by atoms with E-state index in [4.69, 9.17) is 21.8 Å². The molecule has 1 heterocycles. The number of halogens is 3. The fourth-order valence-corrected chi connectivity index (χ4v) is 0.951. The molecule has 0 atom stereocenters. The van der Waals surface area contributed by atoms with Crippen molar-refractivity contribution in [1.29, 1.82) is 0 Å². The first-order valence-electron chi connectivity index (χ1n) is 3.34. The van der Waals surface area contributed by atoms with Crippen molar-refractivity contribution in [3.05, 3.63) is 17.5 Å². The number of rotatable bonds is 2. The molecule has 0 aromatic carbocycles. The second-order valence-electron chi connectivity index (χ2n) is 2.33. The summed E-state index contributed by atoms with van der Waals surface area (Å²) in [6.07, 6.45) is -3.05. The molecular formula is C7H4ClF2NO3. The monoisotopic (exact) mass is 223 g/mol. The molecule has 1 aromatic rings. The molecule has 1 rings (SSSR count). The van der Waals surface area contributed by atoms with Gasteiger partial charge in [-0.25, -0.2) is 13.8 Å². The predicted octanol–water partition coefficient (Wildman–Crippen LogP) is 1.81. The van der Waals surface area contributed by atoms with E-state index in [9.17, 15) is 13.6 Å². The third-order valence-corrected chi connectivity index (χ3v) is 1.58. The van der Waals surface area contributed by atoms with Gasteiger partial charge in [0.2, 0.25) is 0 Å². The minimum absolute atomic E-state index is 0.587. The lowest BCUT2D eigenvalue weighted by Crippen LogP contribution is -2.00. The molecule has 0 saturated carbocycles. The van der Waals surface area contributed by atoms with Crippen LogP contribution < -0.4 is 0 Å². The van der Waals surface area contributed by atoms with Crippen LogP contribution in [0.2, 0.25) is 0 Å². The van der Waals surface area contributed by atoms with E-state index in [1.807, 2.05) is 0 Å². The van der Waals surface area contributed by atoms with Crippen molar-refractivity contribution in [2.45, 2.75) is 6.43 Å². The number of pyridine rings is 1. The van der Waals surface area contributed by atoms with E-state index in [2.05, 4.69) is 4.98 Å². The summed E-state index contributed by atoms with van der Waals surface area (Å²) in [4.78, 5) is 13.6. The van der Waals surface area contributed by atoms with Crippen LogP contribution in [-0.2, 0) is 0 Å². The average molecular weight is 224 g/mol. The zero-order valence-electron chi connectivity index (χ0n) is 6.54. The molecule has 0 fully saturated rings. The zero-order chi connectivity index (χ0) is 10.9. The largest absolute Gasteiger partial charge is 0.506 e. The summed E-state index contributed by atoms with van der Waals surface area (Å²) >= 11 is 4.95. The topological polar surface area (TPSA) is 70.4 Å². The van der Waals surface area contributed by atoms with Gasteiger partial charge in [0.1, 0.15) is 17.2 Å². The Morgan fingerprint density at radius 2 is 2.00 bits per heavy atom. The van der Waals surface area contributed by atoms with Crippen LogP contribution in [0, 0.1) is 0 Å². The van der Waals surface area contributed by atoms with Crippen LogP contribution in [0.25, 0.3) is 0 Å². The Morgan fingerprint density at radius 1 is 1.43 bits per heavy atom. The number of hydrogen-bond donors (Lipinski definition) is 2. The van der Waals surface area contributed by atoms with Gasteiger partial charge in [-0.05, 0) is 11.6 Å². The molecule has 0 unspecified atom stereocenters. The summed E-state index contributed by atoms with van der Waals surface area (Å²) in [6, 6.07) is 0.587. The van der Waals surface area contributed by atoms with E-state index in [0.717, 1.165) is 0 Å². The number of carbonyl (C=O) groups is 1. The van der Waals surface area contributed by atoms with Gasteiger partial charge < -0.3 is 10.2 Å². The maximum absolute atomic E-state index is 12.1. The molecule has 0 radical (unpaired) electrons. The Morgan fingerprint density at radius 3 is 2.43 bits per heavy atom. The maximum atomic E-state index is 12.1. The SMILES string of the molecule is O=C(Cl)c1nc(C(F)F)c(O)cc1O. The Kier molecular flexibility index (Phi) is 2.85. The van der Waals surface area contributed by atoms with Crippen molar-refractivity contribution in [3.63, 3.8) is 0 Å². The molecule has 7 heteroatoms. The highest BCUT2D eigenvalue weighted by Crippen LogP contribution is 2.31. The Bertz CT molecular complexity index is 383. The van der Waals surface area contributed by atoms with Crippen molar-refractivity contribution in [2.75, 3.05) is 0 Å².